The number of hydrogen-bond donors (Lipinski definition) is 1. The van der Waals surface area contributed by atoms with Crippen LogP contribution in [0.25, 0.3) is 10.6 Å². The smallest absolute Gasteiger partial charge is 0.350 e. The number of hydrogen-bond acceptors (Lipinski definition) is 4. The van der Waals surface area contributed by atoms with Crippen molar-refractivity contribution in [2.45, 2.75) is 19.1 Å². The van der Waals surface area contributed by atoms with Crippen LogP contribution in [-0.4, -0.2) is 27.0 Å². The van der Waals surface area contributed by atoms with Gasteiger partial charge in [0.05, 0.1) is 5.56 Å². The molecule has 0 fully saturated rings. The van der Waals surface area contributed by atoms with E-state index in [1.807, 2.05) is 0 Å². The van der Waals surface area contributed by atoms with E-state index in [-0.39, 0.29) is 35.1 Å². The molecule has 0 spiro atoms. The van der Waals surface area contributed by atoms with E-state index in [1.54, 1.807) is 0 Å². The van der Waals surface area contributed by atoms with Gasteiger partial charge < -0.3 is 5.32 Å². The number of halogens is 5. The molecule has 3 rings (SSSR count). The van der Waals surface area contributed by atoms with Crippen LogP contribution in [-0.2, 0) is 12.6 Å². The first-order valence-electron chi connectivity index (χ1n) is 7.97. The molecular formula is C17H13F5N4OS. The molecule has 0 saturated carbocycles. The van der Waals surface area contributed by atoms with Crippen molar-refractivity contribution in [1.82, 2.24) is 19.9 Å². The van der Waals surface area contributed by atoms with Gasteiger partial charge in [-0.1, -0.05) is 12.1 Å². The molecule has 28 heavy (non-hydrogen) atoms. The number of amides is 1. The summed E-state index contributed by atoms with van der Waals surface area (Å²) in [7, 11) is 0. The molecule has 0 bridgehead atoms. The second-order valence-electron chi connectivity index (χ2n) is 5.65. The third kappa shape index (κ3) is 4.53. The lowest BCUT2D eigenvalue weighted by atomic mass is 10.1. The van der Waals surface area contributed by atoms with Crippen LogP contribution in [0.5, 0.6) is 0 Å². The number of carbonyl (C=O) groups is 1. The van der Waals surface area contributed by atoms with Gasteiger partial charge in [-0.15, -0.1) is 11.3 Å². The summed E-state index contributed by atoms with van der Waals surface area (Å²) < 4.78 is 64.6. The zero-order chi connectivity index (χ0) is 20.3. The van der Waals surface area contributed by atoms with Crippen molar-refractivity contribution in [2.24, 2.45) is 0 Å². The van der Waals surface area contributed by atoms with Crippen LogP contribution in [0.3, 0.4) is 0 Å². The van der Waals surface area contributed by atoms with E-state index in [4.69, 9.17) is 0 Å². The summed E-state index contributed by atoms with van der Waals surface area (Å²) in [5, 5.41) is 4.22. The molecule has 2 aromatic heterocycles. The number of alkyl halides is 5. The lowest BCUT2D eigenvalue weighted by molar-refractivity contribution is -0.137. The molecule has 0 aliphatic rings. The van der Waals surface area contributed by atoms with Gasteiger partial charge in [-0.05, 0) is 12.1 Å². The Morgan fingerprint density at radius 3 is 2.79 bits per heavy atom. The number of nitrogens with zero attached hydrogens (tertiary/aromatic N) is 3. The van der Waals surface area contributed by atoms with E-state index >= 15 is 0 Å². The normalized spacial score (nSPS) is 11.8. The Labute approximate surface area is 159 Å². The highest BCUT2D eigenvalue weighted by Gasteiger charge is 2.30. The second kappa shape index (κ2) is 8.05. The largest absolute Gasteiger partial charge is 0.416 e. The first kappa shape index (κ1) is 19.9. The highest BCUT2D eigenvalue weighted by Crippen LogP contribution is 2.33. The third-order valence-electron chi connectivity index (χ3n) is 3.77. The molecule has 2 heterocycles. The molecular weight excluding hydrogens is 403 g/mol. The van der Waals surface area contributed by atoms with Crippen LogP contribution in [0, 0.1) is 0 Å². The van der Waals surface area contributed by atoms with Gasteiger partial charge in [-0.3, -0.25) is 9.36 Å². The Hall–Kier alpha value is -2.82. The van der Waals surface area contributed by atoms with Crippen LogP contribution in [0.1, 0.15) is 28.4 Å². The monoisotopic (exact) mass is 416 g/mol. The molecule has 148 valence electrons. The van der Waals surface area contributed by atoms with Crippen LogP contribution in [0.4, 0.5) is 22.0 Å². The standard InChI is InChI=1S/C17H13F5N4OS/c18-16(19)26-7-6-23-13(26)4-5-24-14(27)12-9-28-15(25-12)10-2-1-3-11(8-10)17(20,21)22/h1-3,6-9,16H,4-5H2,(H,24,27). The average molecular weight is 416 g/mol. The summed E-state index contributed by atoms with van der Waals surface area (Å²) in [6, 6.07) is 4.66. The fraction of sp³-hybridized carbons (Fsp3) is 0.235. The van der Waals surface area contributed by atoms with Crippen LogP contribution in [0.2, 0.25) is 0 Å². The molecule has 5 nitrogen and oxygen atoms in total. The van der Waals surface area contributed by atoms with E-state index in [0.29, 0.717) is 4.57 Å². The molecule has 1 N–H and O–H groups in total. The Kier molecular flexibility index (Phi) is 5.73. The number of carbonyl (C=O) groups excluding carboxylic acids is 1. The maximum absolute atomic E-state index is 12.8. The topological polar surface area (TPSA) is 59.8 Å². The van der Waals surface area contributed by atoms with Gasteiger partial charge in [0.25, 0.3) is 5.91 Å². The molecule has 0 saturated heterocycles. The molecule has 1 aromatic carbocycles. The van der Waals surface area contributed by atoms with E-state index in [2.05, 4.69) is 15.3 Å². The van der Waals surface area contributed by atoms with Crippen molar-refractivity contribution in [1.29, 1.82) is 0 Å². The molecule has 0 aliphatic heterocycles. The van der Waals surface area contributed by atoms with Crippen molar-refractivity contribution >= 4 is 17.2 Å². The van der Waals surface area contributed by atoms with Gasteiger partial charge in [0.2, 0.25) is 0 Å². The quantitative estimate of drug-likeness (QED) is 0.607. The van der Waals surface area contributed by atoms with Gasteiger partial charge in [0.1, 0.15) is 16.5 Å². The van der Waals surface area contributed by atoms with Gasteiger partial charge >= 0.3 is 12.7 Å². The predicted octanol–water partition coefficient (Wildman–Crippen LogP) is 4.39. The predicted molar refractivity (Wildman–Crippen MR) is 92.1 cm³/mol. The summed E-state index contributed by atoms with van der Waals surface area (Å²) in [6.07, 6.45) is -2.00. The molecule has 0 radical (unpaired) electrons. The lowest BCUT2D eigenvalue weighted by Gasteiger charge is -2.07. The number of nitrogens with one attached hydrogen (secondary N) is 1. The number of aromatic nitrogens is 3. The number of benzene rings is 1. The van der Waals surface area contributed by atoms with E-state index in [1.165, 1.54) is 23.7 Å². The van der Waals surface area contributed by atoms with Gasteiger partial charge in [-0.2, -0.15) is 22.0 Å². The van der Waals surface area contributed by atoms with Crippen molar-refractivity contribution in [3.63, 3.8) is 0 Å². The summed E-state index contributed by atoms with van der Waals surface area (Å²) >= 11 is 1.03. The van der Waals surface area contributed by atoms with E-state index < -0.39 is 24.2 Å². The lowest BCUT2D eigenvalue weighted by Crippen LogP contribution is -2.26. The minimum Gasteiger partial charge on any atom is -0.350 e. The minimum absolute atomic E-state index is 0.0367. The van der Waals surface area contributed by atoms with E-state index in [9.17, 15) is 26.7 Å². The van der Waals surface area contributed by atoms with Crippen LogP contribution in [0.15, 0.2) is 42.0 Å². The molecule has 0 aliphatic carbocycles. The van der Waals surface area contributed by atoms with E-state index in [0.717, 1.165) is 29.7 Å². The zero-order valence-electron chi connectivity index (χ0n) is 14.1. The average Bonchev–Trinajstić information content (AvgIpc) is 3.31. The van der Waals surface area contributed by atoms with Crippen molar-refractivity contribution in [3.05, 3.63) is 59.1 Å². The van der Waals surface area contributed by atoms with Gasteiger partial charge in [0.15, 0.2) is 0 Å². The highest BCUT2D eigenvalue weighted by molar-refractivity contribution is 7.13. The Balaban J connectivity index is 1.64. The third-order valence-corrected chi connectivity index (χ3v) is 4.66. The first-order valence-corrected chi connectivity index (χ1v) is 8.85. The molecule has 0 atom stereocenters. The molecule has 0 unspecified atom stereocenters. The first-order chi connectivity index (χ1) is 13.3. The summed E-state index contributed by atoms with van der Waals surface area (Å²) in [5.74, 6) is -0.428. The Morgan fingerprint density at radius 2 is 2.07 bits per heavy atom. The van der Waals surface area contributed by atoms with Gasteiger partial charge in [-0.25, -0.2) is 9.97 Å². The second-order valence-corrected chi connectivity index (χ2v) is 6.51. The maximum Gasteiger partial charge on any atom is 0.416 e. The van der Waals surface area contributed by atoms with Crippen molar-refractivity contribution < 1.29 is 26.7 Å². The Morgan fingerprint density at radius 1 is 1.29 bits per heavy atom. The van der Waals surface area contributed by atoms with Crippen molar-refractivity contribution in [2.75, 3.05) is 6.54 Å². The molecule has 3 aromatic rings. The molecule has 1 amide bonds. The van der Waals surface area contributed by atoms with Gasteiger partial charge in [0, 0.05) is 36.3 Å². The highest BCUT2D eigenvalue weighted by atomic mass is 32.1. The fourth-order valence-corrected chi connectivity index (χ4v) is 3.23. The summed E-state index contributed by atoms with van der Waals surface area (Å²) in [6.45, 7) is -2.67. The number of imidazole rings is 1. The van der Waals surface area contributed by atoms with Crippen LogP contribution >= 0.6 is 11.3 Å². The maximum atomic E-state index is 12.8. The number of thiazole rings is 1. The Bertz CT molecular complexity index is 966. The summed E-state index contributed by atoms with van der Waals surface area (Å²) in [5.41, 5.74) is -0.520. The van der Waals surface area contributed by atoms with Crippen LogP contribution < -0.4 is 5.32 Å². The zero-order valence-corrected chi connectivity index (χ0v) is 14.9. The fourth-order valence-electron chi connectivity index (χ4n) is 2.43. The minimum atomic E-state index is -4.47. The summed E-state index contributed by atoms with van der Waals surface area (Å²) in [4.78, 5) is 20.0. The SMILES string of the molecule is O=C(NCCc1nccn1C(F)F)c1csc(-c2cccc(C(F)(F)F)c2)n1. The number of rotatable bonds is 6. The molecule has 11 heteroatoms. The van der Waals surface area contributed by atoms with Crippen molar-refractivity contribution in [3.8, 4) is 10.6 Å².